The van der Waals surface area contributed by atoms with Crippen LogP contribution in [0.2, 0.25) is 0 Å². The van der Waals surface area contributed by atoms with Crippen LogP contribution in [0.4, 0.5) is 5.69 Å². The van der Waals surface area contributed by atoms with Gasteiger partial charge in [0.2, 0.25) is 5.91 Å². The normalized spacial score (nSPS) is 19.1. The number of nitrogens with zero attached hydrogens (tertiary/aromatic N) is 2. The van der Waals surface area contributed by atoms with Gasteiger partial charge in [-0.3, -0.25) is 9.59 Å². The second-order valence-corrected chi connectivity index (χ2v) is 6.83. The van der Waals surface area contributed by atoms with Crippen LogP contribution in [0, 0.1) is 5.92 Å². The van der Waals surface area contributed by atoms with Gasteiger partial charge >= 0.3 is 0 Å². The second kappa shape index (κ2) is 7.79. The van der Waals surface area contributed by atoms with Crippen LogP contribution in [0.5, 0.6) is 0 Å². The Bertz CT molecular complexity index is 594. The van der Waals surface area contributed by atoms with Crippen LogP contribution in [-0.4, -0.2) is 49.9 Å². The van der Waals surface area contributed by atoms with Crippen molar-refractivity contribution in [2.24, 2.45) is 5.92 Å². The number of hydrogen-bond donors (Lipinski definition) is 1. The number of carbonyl (C=O) groups excluding carboxylic acids is 2. The van der Waals surface area contributed by atoms with Crippen molar-refractivity contribution >= 4 is 17.5 Å². The van der Waals surface area contributed by atoms with Crippen molar-refractivity contribution in [2.75, 3.05) is 38.1 Å². The minimum Gasteiger partial charge on any atom is -0.339 e. The van der Waals surface area contributed by atoms with E-state index in [1.807, 2.05) is 36.2 Å². The number of rotatable bonds is 5. The van der Waals surface area contributed by atoms with Gasteiger partial charge in [-0.25, -0.2) is 0 Å². The van der Waals surface area contributed by atoms with E-state index in [2.05, 4.69) is 5.32 Å². The molecule has 1 N–H and O–H groups in total. The molecule has 5 nitrogen and oxygen atoms in total. The summed E-state index contributed by atoms with van der Waals surface area (Å²) >= 11 is 0. The predicted octanol–water partition coefficient (Wildman–Crippen LogP) is 2.28. The van der Waals surface area contributed by atoms with E-state index >= 15 is 0 Å². The SMILES string of the molecule is CNCCC1CCN(C(=O)c2cccc(N3CCCC3=O)c2)CC1. The lowest BCUT2D eigenvalue weighted by Crippen LogP contribution is -2.39. The zero-order valence-corrected chi connectivity index (χ0v) is 14.5. The van der Waals surface area contributed by atoms with Gasteiger partial charge in [-0.15, -0.1) is 0 Å². The standard InChI is InChI=1S/C19H27N3O2/c1-20-10-7-15-8-12-21(13-9-15)19(24)16-4-2-5-17(14-16)22-11-3-6-18(22)23/h2,4-5,14-15,20H,3,6-13H2,1H3. The number of carbonyl (C=O) groups is 2. The topological polar surface area (TPSA) is 52.7 Å². The monoisotopic (exact) mass is 329 g/mol. The fourth-order valence-electron chi connectivity index (χ4n) is 3.68. The summed E-state index contributed by atoms with van der Waals surface area (Å²) in [4.78, 5) is 28.4. The molecule has 0 aliphatic carbocycles. The second-order valence-electron chi connectivity index (χ2n) is 6.83. The molecule has 130 valence electrons. The molecule has 1 aromatic carbocycles. The fourth-order valence-corrected chi connectivity index (χ4v) is 3.68. The molecule has 0 saturated carbocycles. The van der Waals surface area contributed by atoms with E-state index in [4.69, 9.17) is 0 Å². The first-order chi connectivity index (χ1) is 11.7. The smallest absolute Gasteiger partial charge is 0.253 e. The maximum absolute atomic E-state index is 12.8. The largest absolute Gasteiger partial charge is 0.339 e. The third-order valence-corrected chi connectivity index (χ3v) is 5.18. The molecule has 0 unspecified atom stereocenters. The molecule has 2 aliphatic heterocycles. The van der Waals surface area contributed by atoms with Crippen molar-refractivity contribution in [3.8, 4) is 0 Å². The molecule has 1 aromatic rings. The molecule has 2 amide bonds. The van der Waals surface area contributed by atoms with Gasteiger partial charge in [0.15, 0.2) is 0 Å². The number of anilines is 1. The van der Waals surface area contributed by atoms with E-state index in [-0.39, 0.29) is 11.8 Å². The van der Waals surface area contributed by atoms with Crippen molar-refractivity contribution in [3.63, 3.8) is 0 Å². The summed E-state index contributed by atoms with van der Waals surface area (Å²) < 4.78 is 0. The summed E-state index contributed by atoms with van der Waals surface area (Å²) in [5, 5.41) is 3.20. The minimum absolute atomic E-state index is 0.0931. The highest BCUT2D eigenvalue weighted by molar-refractivity contribution is 5.99. The highest BCUT2D eigenvalue weighted by Crippen LogP contribution is 2.25. The maximum atomic E-state index is 12.8. The number of benzene rings is 1. The molecule has 2 fully saturated rings. The zero-order chi connectivity index (χ0) is 16.9. The minimum atomic E-state index is 0.0931. The summed E-state index contributed by atoms with van der Waals surface area (Å²) in [6, 6.07) is 7.54. The van der Waals surface area contributed by atoms with E-state index in [9.17, 15) is 9.59 Å². The first kappa shape index (κ1) is 17.0. The van der Waals surface area contributed by atoms with Crippen LogP contribution in [-0.2, 0) is 4.79 Å². The zero-order valence-electron chi connectivity index (χ0n) is 14.5. The first-order valence-corrected chi connectivity index (χ1v) is 9.03. The van der Waals surface area contributed by atoms with Crippen molar-refractivity contribution in [1.29, 1.82) is 0 Å². The summed E-state index contributed by atoms with van der Waals surface area (Å²) in [6.07, 6.45) is 4.86. The summed E-state index contributed by atoms with van der Waals surface area (Å²) in [5.74, 6) is 0.968. The fraction of sp³-hybridized carbons (Fsp3) is 0.579. The van der Waals surface area contributed by atoms with Crippen LogP contribution in [0.25, 0.3) is 0 Å². The Hall–Kier alpha value is -1.88. The van der Waals surface area contributed by atoms with E-state index in [1.54, 1.807) is 4.90 Å². The molecule has 5 heteroatoms. The maximum Gasteiger partial charge on any atom is 0.253 e. The van der Waals surface area contributed by atoms with Crippen molar-refractivity contribution < 1.29 is 9.59 Å². The van der Waals surface area contributed by atoms with Crippen LogP contribution in [0.15, 0.2) is 24.3 Å². The Kier molecular flexibility index (Phi) is 5.51. The highest BCUT2D eigenvalue weighted by Gasteiger charge is 2.25. The lowest BCUT2D eigenvalue weighted by atomic mass is 9.93. The Morgan fingerprint density at radius 1 is 1.25 bits per heavy atom. The molecule has 3 rings (SSSR count). The van der Waals surface area contributed by atoms with E-state index in [0.29, 0.717) is 12.0 Å². The lowest BCUT2D eigenvalue weighted by molar-refractivity contribution is -0.117. The Morgan fingerprint density at radius 2 is 2.04 bits per heavy atom. The van der Waals surface area contributed by atoms with Gasteiger partial charge in [-0.05, 0) is 63.4 Å². The van der Waals surface area contributed by atoms with Gasteiger partial charge in [0.05, 0.1) is 0 Å². The van der Waals surface area contributed by atoms with E-state index in [1.165, 1.54) is 6.42 Å². The number of nitrogens with one attached hydrogen (secondary N) is 1. The van der Waals surface area contributed by atoms with Gasteiger partial charge in [0.1, 0.15) is 0 Å². The molecule has 0 aromatic heterocycles. The molecule has 0 spiro atoms. The molecule has 0 bridgehead atoms. The molecule has 2 aliphatic rings. The number of likely N-dealkylation sites (tertiary alicyclic amines) is 1. The average molecular weight is 329 g/mol. The van der Waals surface area contributed by atoms with Crippen molar-refractivity contribution in [2.45, 2.75) is 32.1 Å². The quantitative estimate of drug-likeness (QED) is 0.902. The van der Waals surface area contributed by atoms with E-state index in [0.717, 1.165) is 57.0 Å². The van der Waals surface area contributed by atoms with Crippen LogP contribution >= 0.6 is 0 Å². The average Bonchev–Trinajstić information content (AvgIpc) is 3.06. The van der Waals surface area contributed by atoms with Gasteiger partial charge in [-0.2, -0.15) is 0 Å². The molecule has 2 heterocycles. The number of hydrogen-bond acceptors (Lipinski definition) is 3. The Balaban J connectivity index is 1.62. The van der Waals surface area contributed by atoms with Gasteiger partial charge in [0.25, 0.3) is 5.91 Å². The molecule has 2 saturated heterocycles. The lowest BCUT2D eigenvalue weighted by Gasteiger charge is -2.32. The van der Waals surface area contributed by atoms with E-state index < -0.39 is 0 Å². The van der Waals surface area contributed by atoms with Crippen molar-refractivity contribution in [3.05, 3.63) is 29.8 Å². The Labute approximate surface area is 144 Å². The molecule has 0 radical (unpaired) electrons. The van der Waals surface area contributed by atoms with Gasteiger partial charge in [-0.1, -0.05) is 6.07 Å². The molecular formula is C19H27N3O2. The van der Waals surface area contributed by atoms with Gasteiger partial charge < -0.3 is 15.1 Å². The summed E-state index contributed by atoms with van der Waals surface area (Å²) in [6.45, 7) is 3.47. The third kappa shape index (κ3) is 3.78. The van der Waals surface area contributed by atoms with Crippen molar-refractivity contribution in [1.82, 2.24) is 10.2 Å². The third-order valence-electron chi connectivity index (χ3n) is 5.18. The predicted molar refractivity (Wildman–Crippen MR) is 95.2 cm³/mol. The molecule has 24 heavy (non-hydrogen) atoms. The van der Waals surface area contributed by atoms with Crippen LogP contribution in [0.3, 0.4) is 0 Å². The number of amides is 2. The summed E-state index contributed by atoms with van der Waals surface area (Å²) in [7, 11) is 1.98. The summed E-state index contributed by atoms with van der Waals surface area (Å²) in [5.41, 5.74) is 1.55. The van der Waals surface area contributed by atoms with Gasteiger partial charge in [0, 0.05) is 37.3 Å². The highest BCUT2D eigenvalue weighted by atomic mass is 16.2. The number of piperidine rings is 1. The first-order valence-electron chi connectivity index (χ1n) is 9.03. The van der Waals surface area contributed by atoms with Crippen LogP contribution < -0.4 is 10.2 Å². The molecule has 0 atom stereocenters. The Morgan fingerprint density at radius 3 is 2.71 bits per heavy atom. The van der Waals surface area contributed by atoms with Crippen LogP contribution in [0.1, 0.15) is 42.5 Å². The molecular weight excluding hydrogens is 302 g/mol.